The molecule has 65 heavy (non-hydrogen) atoms. The molecule has 0 bridgehead atoms. The van der Waals surface area contributed by atoms with Crippen LogP contribution < -0.4 is 16.0 Å². The quantitative estimate of drug-likeness (QED) is 0.0636. The van der Waals surface area contributed by atoms with Crippen molar-refractivity contribution < 1.29 is 52.1 Å². The van der Waals surface area contributed by atoms with E-state index in [-0.39, 0.29) is 88.7 Å². The summed E-state index contributed by atoms with van der Waals surface area (Å²) >= 11 is 0. The predicted molar refractivity (Wildman–Crippen MR) is 251 cm³/mol. The second-order valence-electron chi connectivity index (χ2n) is 21.9. The Bertz CT molecular complexity index is 1650. The van der Waals surface area contributed by atoms with E-state index in [1.54, 1.807) is 10.7 Å². The minimum Gasteiger partial charge on any atom is -0.480 e. The maximum atomic E-state index is 17.4. The normalized spacial score (nSPS) is 16.6. The second-order valence-corrected chi connectivity index (χ2v) is 26.7. The topological polar surface area (TPSA) is 197 Å². The smallest absolute Gasteiger partial charge is 0.322 e. The van der Waals surface area contributed by atoms with Crippen molar-refractivity contribution in [2.75, 3.05) is 110 Å². The molecule has 0 aromatic carbocycles. The Morgan fingerprint density at radius 1 is 0.631 bits per heavy atom. The molecule has 0 spiro atoms. The van der Waals surface area contributed by atoms with Crippen LogP contribution in [0.25, 0.3) is 0 Å². The minimum atomic E-state index is -3.77. The van der Waals surface area contributed by atoms with E-state index < -0.39 is 41.3 Å². The fraction of sp³-hybridized carbons (Fsp3) is 0.822. The molecule has 20 heteroatoms. The summed E-state index contributed by atoms with van der Waals surface area (Å²) in [6.07, 6.45) is 0. The van der Waals surface area contributed by atoms with Crippen LogP contribution in [0.3, 0.4) is 0 Å². The van der Waals surface area contributed by atoms with Gasteiger partial charge in [0.05, 0.1) is 51.3 Å². The number of nitrogens with zero attached hydrogens (tertiary/aromatic N) is 6. The number of nitrogens with one attached hydrogen (secondary N) is 2. The molecule has 1 aromatic rings. The van der Waals surface area contributed by atoms with Crippen molar-refractivity contribution in [1.29, 1.82) is 0 Å². The molecular weight excluding hydrogens is 860 g/mol. The number of aromatic nitrogens is 2. The van der Waals surface area contributed by atoms with Gasteiger partial charge in [0.25, 0.3) is 0 Å². The number of rotatable bonds is 18. The number of carbonyl (C=O) groups excluding carboxylic acids is 4. The molecule has 1 aromatic heterocycles. The Balaban J connectivity index is 2.21. The lowest BCUT2D eigenvalue weighted by Gasteiger charge is -2.44. The van der Waals surface area contributed by atoms with E-state index in [0.29, 0.717) is 57.7 Å². The van der Waals surface area contributed by atoms with Crippen LogP contribution in [0.15, 0.2) is 6.07 Å². The molecule has 374 valence electrons. The lowest BCUT2D eigenvalue weighted by molar-refractivity contribution is -0.158. The summed E-state index contributed by atoms with van der Waals surface area (Å²) in [5.74, 6) is -2.17. The maximum absolute atomic E-state index is 17.4. The molecule has 1 amide bonds. The van der Waals surface area contributed by atoms with E-state index >= 15 is 4.11 Å². The molecule has 2 rings (SSSR count). The summed E-state index contributed by atoms with van der Waals surface area (Å²) in [5, 5.41) is 18.5. The number of hydrogen-bond acceptors (Lipinski definition) is 15. The standard InChI is InChI=1S/C45H83FN8O10Si/c1-41(2,3)62-38(58)31-51-19-17-50(18-20-52(32-39(59)63-42(4,5)6)22-24-53(23-21-51)33-40(60)64-43(7,8)9)30-35(55)47-16-26-61-27-25-54-36(28-34(49-54)48-29-37(56)57)65(46,44(10,11)12)45(13,14)15/h28H,16-27,29-33H2,1-15H3,(H,47,55)(H,48,49)(H,56,57). The number of hydrogen-bond donors (Lipinski definition) is 3. The highest BCUT2D eigenvalue weighted by Crippen LogP contribution is 2.51. The zero-order valence-corrected chi connectivity index (χ0v) is 43.3. The van der Waals surface area contributed by atoms with Gasteiger partial charge in [-0.25, -0.2) is 0 Å². The third-order valence-electron chi connectivity index (χ3n) is 10.3. The number of halogens is 1. The van der Waals surface area contributed by atoms with E-state index in [2.05, 4.69) is 15.7 Å². The van der Waals surface area contributed by atoms with Gasteiger partial charge in [-0.3, -0.25) is 48.3 Å². The molecule has 0 unspecified atom stereocenters. The van der Waals surface area contributed by atoms with Crippen LogP contribution in [0.2, 0.25) is 10.1 Å². The Labute approximate surface area is 388 Å². The van der Waals surface area contributed by atoms with E-state index in [9.17, 15) is 29.1 Å². The number of anilines is 1. The Kier molecular flexibility index (Phi) is 21.5. The summed E-state index contributed by atoms with van der Waals surface area (Å²) < 4.78 is 41.8. The number of ether oxygens (including phenoxy) is 4. The van der Waals surface area contributed by atoms with Crippen LogP contribution >= 0.6 is 0 Å². The predicted octanol–water partition coefficient (Wildman–Crippen LogP) is 3.48. The number of esters is 3. The minimum absolute atomic E-state index is 0.0147. The molecule has 2 heterocycles. The average Bonchev–Trinajstić information content (AvgIpc) is 3.52. The number of carbonyl (C=O) groups is 5. The molecule has 1 aliphatic rings. The van der Waals surface area contributed by atoms with Gasteiger partial charge < -0.3 is 38.8 Å². The van der Waals surface area contributed by atoms with E-state index in [0.717, 1.165) is 0 Å². The monoisotopic (exact) mass is 943 g/mol. The SMILES string of the molecule is CC(C)(C)OC(=O)CN1CCN(CC(=O)NCCOCCn2nc(NCC(=O)O)cc2[Si](F)(C(C)(C)C)C(C)(C)C)CCN(CC(=O)OC(C)(C)C)CCN(CC(=O)OC(C)(C)C)CC1. The number of carboxylic acids is 1. The first-order valence-corrected chi connectivity index (χ1v) is 24.7. The number of carboxylic acid groups (broad SMARTS) is 1. The molecular formula is C45H83FN8O10Si. The van der Waals surface area contributed by atoms with Gasteiger partial charge in [-0.05, 0) is 72.4 Å². The molecule has 18 nitrogen and oxygen atoms in total. The van der Waals surface area contributed by atoms with Crippen LogP contribution in [0.5, 0.6) is 0 Å². The van der Waals surface area contributed by atoms with Crippen molar-refractivity contribution in [2.45, 2.75) is 137 Å². The summed E-state index contributed by atoms with van der Waals surface area (Å²) in [6.45, 7) is 31.5. The highest BCUT2D eigenvalue weighted by atomic mass is 28.4. The fourth-order valence-electron chi connectivity index (χ4n) is 7.67. The summed E-state index contributed by atoms with van der Waals surface area (Å²) in [5.41, 5.74) is -2.02. The van der Waals surface area contributed by atoms with Crippen LogP contribution in [0, 0.1) is 0 Å². The summed E-state index contributed by atoms with van der Waals surface area (Å²) in [4.78, 5) is 71.7. The van der Waals surface area contributed by atoms with Crippen molar-refractivity contribution in [3.8, 4) is 0 Å². The van der Waals surface area contributed by atoms with Crippen molar-refractivity contribution in [3.63, 3.8) is 0 Å². The van der Waals surface area contributed by atoms with Gasteiger partial charge in [-0.2, -0.15) is 5.10 Å². The average molecular weight is 943 g/mol. The van der Waals surface area contributed by atoms with Gasteiger partial charge in [-0.15, -0.1) is 0 Å². The van der Waals surface area contributed by atoms with Crippen molar-refractivity contribution in [1.82, 2.24) is 34.7 Å². The highest BCUT2D eigenvalue weighted by molar-refractivity contribution is 6.90. The number of aliphatic carboxylic acids is 1. The number of amides is 1. The van der Waals surface area contributed by atoms with Crippen LogP contribution in [0.1, 0.15) is 104 Å². The third-order valence-corrected chi connectivity index (χ3v) is 15.5. The van der Waals surface area contributed by atoms with Crippen LogP contribution in [-0.4, -0.2) is 194 Å². The first-order chi connectivity index (χ1) is 29.7. The lowest BCUT2D eigenvalue weighted by atomic mass is 10.2. The molecule has 1 saturated heterocycles. The Morgan fingerprint density at radius 2 is 1.00 bits per heavy atom. The van der Waals surface area contributed by atoms with Gasteiger partial charge in [0.1, 0.15) is 29.2 Å². The van der Waals surface area contributed by atoms with Crippen molar-refractivity contribution >= 4 is 49.3 Å². The molecule has 1 aliphatic heterocycles. The third kappa shape index (κ3) is 21.7. The largest absolute Gasteiger partial charge is 0.480 e. The van der Waals surface area contributed by atoms with Crippen LogP contribution in [0.4, 0.5) is 9.93 Å². The fourth-order valence-corrected chi connectivity index (χ4v) is 12.3. The lowest BCUT2D eigenvalue weighted by Crippen LogP contribution is -2.60. The van der Waals surface area contributed by atoms with Gasteiger partial charge in [-0.1, -0.05) is 41.5 Å². The van der Waals surface area contributed by atoms with Crippen molar-refractivity contribution in [2.24, 2.45) is 0 Å². The zero-order valence-electron chi connectivity index (χ0n) is 42.3. The Hall–Kier alpha value is -3.69. The maximum Gasteiger partial charge on any atom is 0.322 e. The Morgan fingerprint density at radius 3 is 1.34 bits per heavy atom. The molecule has 0 aliphatic carbocycles. The molecule has 0 saturated carbocycles. The molecule has 0 radical (unpaired) electrons. The van der Waals surface area contributed by atoms with E-state index in [1.165, 1.54) is 0 Å². The second kappa shape index (κ2) is 24.4. The molecule has 1 fully saturated rings. The highest BCUT2D eigenvalue weighted by Gasteiger charge is 2.59. The van der Waals surface area contributed by atoms with E-state index in [1.807, 2.05) is 123 Å². The van der Waals surface area contributed by atoms with Gasteiger partial charge in [0.15, 0.2) is 0 Å². The van der Waals surface area contributed by atoms with Crippen molar-refractivity contribution in [3.05, 3.63) is 6.07 Å². The van der Waals surface area contributed by atoms with Gasteiger partial charge in [0.2, 0.25) is 5.91 Å². The first kappa shape index (κ1) is 57.4. The summed E-state index contributed by atoms with van der Waals surface area (Å²) in [6, 6.07) is 1.62. The molecule has 0 atom stereocenters. The zero-order chi connectivity index (χ0) is 49.6. The van der Waals surface area contributed by atoms with E-state index in [4.69, 9.17) is 18.9 Å². The molecule has 3 N–H and O–H groups in total. The van der Waals surface area contributed by atoms with Crippen LogP contribution in [-0.2, 0) is 49.5 Å². The summed E-state index contributed by atoms with van der Waals surface area (Å²) in [7, 11) is -3.77. The van der Waals surface area contributed by atoms with Gasteiger partial charge in [0, 0.05) is 65.0 Å². The van der Waals surface area contributed by atoms with Gasteiger partial charge >= 0.3 is 32.3 Å². The first-order valence-electron chi connectivity index (χ1n) is 22.8.